The fraction of sp³-hybridized carbons (Fsp3) is 0.458. The van der Waals surface area contributed by atoms with Gasteiger partial charge in [-0.3, -0.25) is 9.69 Å². The minimum atomic E-state index is -0.208. The molecule has 0 aliphatic carbocycles. The van der Waals surface area contributed by atoms with Crippen LogP contribution in [0.2, 0.25) is 10.0 Å². The minimum absolute atomic E-state index is 0.00377. The molecular weight excluding hydrogens is 433 g/mol. The van der Waals surface area contributed by atoms with E-state index in [9.17, 15) is 4.79 Å². The van der Waals surface area contributed by atoms with Gasteiger partial charge in [-0.15, -0.1) is 0 Å². The maximum atomic E-state index is 12.8. The van der Waals surface area contributed by atoms with Gasteiger partial charge >= 0.3 is 0 Å². The Labute approximate surface area is 194 Å². The van der Waals surface area contributed by atoms with Crippen molar-refractivity contribution >= 4 is 46.2 Å². The average Bonchev–Trinajstić information content (AvgIpc) is 3.04. The van der Waals surface area contributed by atoms with E-state index < -0.39 is 0 Å². The number of fused-ring (bicyclic) bond motifs is 1. The minimum Gasteiger partial charge on any atom is -0.491 e. The summed E-state index contributed by atoms with van der Waals surface area (Å²) in [7, 11) is 3.66. The van der Waals surface area contributed by atoms with Gasteiger partial charge in [-0.1, -0.05) is 23.2 Å². The number of piperidine rings is 1. The number of nitrogens with one attached hydrogen (secondary N) is 1. The molecule has 1 aliphatic rings. The first-order chi connectivity index (χ1) is 14.4. The highest BCUT2D eigenvalue weighted by Crippen LogP contribution is 2.37. The molecule has 2 heterocycles. The van der Waals surface area contributed by atoms with Gasteiger partial charge in [-0.25, -0.2) is 0 Å². The van der Waals surface area contributed by atoms with E-state index in [4.69, 9.17) is 27.9 Å². The summed E-state index contributed by atoms with van der Waals surface area (Å²) in [4.78, 5) is 15.2. The predicted octanol–water partition coefficient (Wildman–Crippen LogP) is 5.72. The zero-order chi connectivity index (χ0) is 23.0. The first-order valence-electron chi connectivity index (χ1n) is 10.4. The summed E-state index contributed by atoms with van der Waals surface area (Å²) < 4.78 is 7.28. The molecule has 0 spiro atoms. The third kappa shape index (κ3) is 5.11. The number of methoxy groups -OCH3 is 1. The Morgan fingerprint density at radius 3 is 2.39 bits per heavy atom. The Balaban J connectivity index is 1.73. The van der Waals surface area contributed by atoms with E-state index in [1.54, 1.807) is 12.2 Å². The number of carbonyl (C=O) groups is 1. The molecule has 1 saturated heterocycles. The lowest BCUT2D eigenvalue weighted by molar-refractivity contribution is -0.122. The summed E-state index contributed by atoms with van der Waals surface area (Å²) >= 11 is 12.2. The molecular formula is C24H31Cl2N3O2. The fourth-order valence-corrected chi connectivity index (χ4v) is 4.80. The lowest BCUT2D eigenvalue weighted by Crippen LogP contribution is -2.62. The summed E-state index contributed by atoms with van der Waals surface area (Å²) in [6.07, 6.45) is 8.97. The fourth-order valence-electron chi connectivity index (χ4n) is 4.47. The van der Waals surface area contributed by atoms with Crippen molar-refractivity contribution in [2.24, 2.45) is 0 Å². The largest absolute Gasteiger partial charge is 0.491 e. The summed E-state index contributed by atoms with van der Waals surface area (Å²) in [6.45, 7) is 8.85. The van der Waals surface area contributed by atoms with Crippen molar-refractivity contribution in [3.8, 4) is 0 Å². The molecule has 0 atom stereocenters. The lowest BCUT2D eigenvalue weighted by Gasteiger charge is -2.53. The van der Waals surface area contributed by atoms with Crippen molar-refractivity contribution in [1.82, 2.24) is 14.8 Å². The van der Waals surface area contributed by atoms with Crippen LogP contribution in [0.4, 0.5) is 0 Å². The molecule has 7 heteroatoms. The van der Waals surface area contributed by atoms with Crippen molar-refractivity contribution in [3.05, 3.63) is 52.4 Å². The maximum absolute atomic E-state index is 12.8. The molecule has 1 aromatic carbocycles. The molecule has 0 radical (unpaired) electrons. The van der Waals surface area contributed by atoms with Crippen molar-refractivity contribution in [3.63, 3.8) is 0 Å². The van der Waals surface area contributed by atoms with E-state index in [1.807, 2.05) is 35.2 Å². The second-order valence-corrected chi connectivity index (χ2v) is 10.2. The summed E-state index contributed by atoms with van der Waals surface area (Å²) in [5.41, 5.74) is 0.921. The molecule has 1 fully saturated rings. The molecule has 2 aromatic rings. The van der Waals surface area contributed by atoms with Crippen LogP contribution in [0.25, 0.3) is 17.1 Å². The van der Waals surface area contributed by atoms with Gasteiger partial charge in [-0.2, -0.15) is 0 Å². The van der Waals surface area contributed by atoms with Crippen LogP contribution in [-0.2, 0) is 9.53 Å². The zero-order valence-electron chi connectivity index (χ0n) is 19.0. The number of benzene rings is 1. The molecule has 1 aromatic heterocycles. The van der Waals surface area contributed by atoms with Crippen LogP contribution in [0.1, 0.15) is 40.5 Å². The van der Waals surface area contributed by atoms with Crippen molar-refractivity contribution in [1.29, 1.82) is 0 Å². The molecule has 3 rings (SSSR count). The second-order valence-electron chi connectivity index (χ2n) is 9.39. The van der Waals surface area contributed by atoms with Crippen molar-refractivity contribution in [2.45, 2.75) is 57.7 Å². The van der Waals surface area contributed by atoms with Crippen molar-refractivity contribution < 1.29 is 9.53 Å². The Bertz CT molecular complexity index is 1020. The standard InChI is InChI=1S/C24H31Cl2N3O2/c1-23(2)14-17(15-24(3,4)28(23)5)27-22(30)21(31-6)8-7-10-29-11-9-16-12-18(25)19(26)13-20(16)29/h7-13,17H,14-15H2,1-6H3,(H,27,30). The van der Waals surface area contributed by atoms with Crippen LogP contribution in [0.5, 0.6) is 0 Å². The number of amides is 1. The van der Waals surface area contributed by atoms with Crippen LogP contribution >= 0.6 is 23.2 Å². The topological polar surface area (TPSA) is 46.5 Å². The number of ether oxygens (including phenoxy) is 1. The number of halogens is 2. The molecule has 0 unspecified atom stereocenters. The SMILES string of the molecule is COC(=CC=Cn1ccc2cc(Cl)c(Cl)cc21)C(=O)NC1CC(C)(C)N(C)C(C)(C)C1. The quantitative estimate of drug-likeness (QED) is 0.350. The third-order valence-corrected chi connectivity index (χ3v) is 7.07. The summed E-state index contributed by atoms with van der Waals surface area (Å²) in [6, 6.07) is 5.69. The van der Waals surface area contributed by atoms with Crippen LogP contribution in [0, 0.1) is 0 Å². The van der Waals surface area contributed by atoms with Gasteiger partial charge < -0.3 is 14.6 Å². The molecule has 1 N–H and O–H groups in total. The Morgan fingerprint density at radius 1 is 1.16 bits per heavy atom. The smallest absolute Gasteiger partial charge is 0.286 e. The van der Waals surface area contributed by atoms with Crippen LogP contribution in [-0.4, -0.2) is 46.7 Å². The normalized spacial score (nSPS) is 19.8. The molecule has 0 bridgehead atoms. The maximum Gasteiger partial charge on any atom is 0.286 e. The zero-order valence-corrected chi connectivity index (χ0v) is 20.5. The molecule has 168 valence electrons. The second kappa shape index (κ2) is 8.89. The molecule has 1 aliphatic heterocycles. The van der Waals surface area contributed by atoms with E-state index in [-0.39, 0.29) is 28.8 Å². The number of likely N-dealkylation sites (tertiary alicyclic amines) is 1. The summed E-state index contributed by atoms with van der Waals surface area (Å²) in [5.74, 6) is 0.0591. The number of carbonyl (C=O) groups excluding carboxylic acids is 1. The van der Waals surface area contributed by atoms with Gasteiger partial charge in [0.1, 0.15) is 0 Å². The highest BCUT2D eigenvalue weighted by molar-refractivity contribution is 6.42. The van der Waals surface area contributed by atoms with Crippen LogP contribution in [0.15, 0.2) is 42.3 Å². The molecule has 5 nitrogen and oxygen atoms in total. The lowest BCUT2D eigenvalue weighted by atomic mass is 9.77. The first-order valence-corrected chi connectivity index (χ1v) is 11.1. The third-order valence-electron chi connectivity index (χ3n) is 6.34. The van der Waals surface area contributed by atoms with Gasteiger partial charge in [-0.05, 0) is 77.9 Å². The summed E-state index contributed by atoms with van der Waals surface area (Å²) in [5, 5.41) is 5.16. The predicted molar refractivity (Wildman–Crippen MR) is 129 cm³/mol. The average molecular weight is 464 g/mol. The van der Waals surface area contributed by atoms with Gasteiger partial charge in [0.25, 0.3) is 5.91 Å². The van der Waals surface area contributed by atoms with E-state index in [2.05, 4.69) is 45.0 Å². The Kier molecular flexibility index (Phi) is 6.80. The van der Waals surface area contributed by atoms with Gasteiger partial charge in [0.15, 0.2) is 5.76 Å². The van der Waals surface area contributed by atoms with Gasteiger partial charge in [0, 0.05) is 34.9 Å². The number of allylic oxidation sites excluding steroid dienone is 2. The number of aromatic nitrogens is 1. The molecule has 31 heavy (non-hydrogen) atoms. The van der Waals surface area contributed by atoms with Gasteiger partial charge in [0.05, 0.1) is 22.7 Å². The number of hydrogen-bond acceptors (Lipinski definition) is 3. The number of rotatable bonds is 5. The van der Waals surface area contributed by atoms with E-state index in [0.717, 1.165) is 23.7 Å². The highest BCUT2D eigenvalue weighted by Gasteiger charge is 2.43. The van der Waals surface area contributed by atoms with E-state index in [0.29, 0.717) is 10.0 Å². The number of hydrogen-bond donors (Lipinski definition) is 1. The number of nitrogens with zero attached hydrogens (tertiary/aromatic N) is 2. The van der Waals surface area contributed by atoms with Gasteiger partial charge in [0.2, 0.25) is 0 Å². The van der Waals surface area contributed by atoms with Crippen LogP contribution < -0.4 is 5.32 Å². The van der Waals surface area contributed by atoms with Crippen molar-refractivity contribution in [2.75, 3.05) is 14.2 Å². The molecule has 1 amide bonds. The van der Waals surface area contributed by atoms with E-state index >= 15 is 0 Å². The monoisotopic (exact) mass is 463 g/mol. The first kappa shape index (κ1) is 23.7. The Hall–Kier alpha value is -1.95. The Morgan fingerprint density at radius 2 is 1.77 bits per heavy atom. The van der Waals surface area contributed by atoms with Crippen LogP contribution in [0.3, 0.4) is 0 Å². The molecule has 0 saturated carbocycles. The van der Waals surface area contributed by atoms with E-state index in [1.165, 1.54) is 7.11 Å². The highest BCUT2D eigenvalue weighted by atomic mass is 35.5.